The first-order valence-corrected chi connectivity index (χ1v) is 9.78. The minimum absolute atomic E-state index is 0.0445. The molecule has 0 aromatic carbocycles. The molecule has 0 fully saturated rings. The molecule has 1 aliphatic carbocycles. The van der Waals surface area contributed by atoms with Crippen LogP contribution in [0.15, 0.2) is 11.0 Å². The molecule has 0 aliphatic heterocycles. The summed E-state index contributed by atoms with van der Waals surface area (Å²) in [4.78, 5) is 39.0. The Morgan fingerprint density at radius 2 is 2.15 bits per heavy atom. The van der Waals surface area contributed by atoms with Crippen LogP contribution in [0.1, 0.15) is 53.9 Å². The van der Waals surface area contributed by atoms with Crippen LogP contribution in [0.5, 0.6) is 0 Å². The topological polar surface area (TPSA) is 105 Å². The lowest BCUT2D eigenvalue weighted by Gasteiger charge is -2.33. The van der Waals surface area contributed by atoms with Gasteiger partial charge in [-0.1, -0.05) is 20.8 Å². The summed E-state index contributed by atoms with van der Waals surface area (Å²) in [5, 5.41) is 6.08. The number of nitrogens with one attached hydrogen (secondary N) is 2. The second-order valence-electron chi connectivity index (χ2n) is 8.07. The third kappa shape index (κ3) is 3.27. The van der Waals surface area contributed by atoms with Crippen molar-refractivity contribution in [3.05, 3.63) is 38.5 Å². The fourth-order valence-electron chi connectivity index (χ4n) is 3.45. The molecule has 4 rings (SSSR count). The number of amides is 1. The zero-order valence-corrected chi connectivity index (χ0v) is 16.6. The standard InChI is InChI=1S/C18H22N6O2S/c1-9-20-16-19-8-11(15(26)24(16)23-9)14(25)22-17-21-12-6-5-10(18(2,3)4)7-13(12)27-17/h8,10H,5-7H2,1-4H3,(H,19,20,23)(H,21,22,25). The van der Waals surface area contributed by atoms with Crippen molar-refractivity contribution in [3.8, 4) is 0 Å². The summed E-state index contributed by atoms with van der Waals surface area (Å²) in [5.41, 5.74) is 0.790. The SMILES string of the molecule is Cc1nc2ncc(C(=O)Nc3nc4c(s3)CC(C(C)(C)C)CC4)c(=O)n2[nH]1. The lowest BCUT2D eigenvalue weighted by atomic mass is 9.73. The third-order valence-corrected chi connectivity index (χ3v) is 6.15. The average Bonchev–Trinajstić information content (AvgIpc) is 3.15. The van der Waals surface area contributed by atoms with Gasteiger partial charge in [-0.15, -0.1) is 11.3 Å². The van der Waals surface area contributed by atoms with Gasteiger partial charge in [-0.3, -0.25) is 20.0 Å². The molecule has 142 valence electrons. The molecule has 1 aliphatic rings. The second kappa shape index (κ2) is 6.26. The van der Waals surface area contributed by atoms with E-state index in [0.29, 0.717) is 16.9 Å². The van der Waals surface area contributed by atoms with E-state index in [0.717, 1.165) is 25.0 Å². The molecular weight excluding hydrogens is 364 g/mol. The van der Waals surface area contributed by atoms with Gasteiger partial charge in [0.15, 0.2) is 5.13 Å². The summed E-state index contributed by atoms with van der Waals surface area (Å²) < 4.78 is 1.17. The molecule has 0 saturated carbocycles. The van der Waals surface area contributed by atoms with E-state index < -0.39 is 11.5 Å². The highest BCUT2D eigenvalue weighted by atomic mass is 32.1. The number of H-pyrrole nitrogens is 1. The average molecular weight is 386 g/mol. The molecule has 1 amide bonds. The van der Waals surface area contributed by atoms with E-state index >= 15 is 0 Å². The minimum Gasteiger partial charge on any atom is -0.298 e. The highest BCUT2D eigenvalue weighted by Crippen LogP contribution is 2.40. The predicted octanol–water partition coefficient (Wildman–Crippen LogP) is 2.59. The fourth-order valence-corrected chi connectivity index (χ4v) is 4.53. The van der Waals surface area contributed by atoms with Gasteiger partial charge in [0.25, 0.3) is 17.2 Å². The Morgan fingerprint density at radius 3 is 2.89 bits per heavy atom. The summed E-state index contributed by atoms with van der Waals surface area (Å²) in [6.45, 7) is 8.51. The maximum Gasteiger partial charge on any atom is 0.286 e. The van der Waals surface area contributed by atoms with Gasteiger partial charge in [0.05, 0.1) is 5.69 Å². The largest absolute Gasteiger partial charge is 0.298 e. The molecule has 1 unspecified atom stereocenters. The number of rotatable bonds is 2. The molecule has 0 spiro atoms. The fraction of sp³-hybridized carbons (Fsp3) is 0.500. The number of carbonyl (C=O) groups excluding carboxylic acids is 1. The van der Waals surface area contributed by atoms with Crippen molar-refractivity contribution in [1.82, 2.24) is 24.6 Å². The van der Waals surface area contributed by atoms with Crippen LogP contribution < -0.4 is 10.9 Å². The number of nitrogens with zero attached hydrogens (tertiary/aromatic N) is 4. The number of hydrogen-bond donors (Lipinski definition) is 2. The van der Waals surface area contributed by atoms with Crippen molar-refractivity contribution in [3.63, 3.8) is 0 Å². The number of aromatic nitrogens is 5. The first-order valence-electron chi connectivity index (χ1n) is 8.96. The monoisotopic (exact) mass is 386 g/mol. The van der Waals surface area contributed by atoms with Crippen LogP contribution in [0, 0.1) is 18.3 Å². The molecule has 1 atom stereocenters. The number of carbonyl (C=O) groups is 1. The Hall–Kier alpha value is -2.55. The molecule has 2 N–H and O–H groups in total. The number of anilines is 1. The van der Waals surface area contributed by atoms with Crippen LogP contribution in [0.4, 0.5) is 5.13 Å². The van der Waals surface area contributed by atoms with Crippen molar-refractivity contribution in [2.75, 3.05) is 5.32 Å². The molecule has 9 heteroatoms. The van der Waals surface area contributed by atoms with Crippen LogP contribution in [0.3, 0.4) is 0 Å². The van der Waals surface area contributed by atoms with E-state index in [9.17, 15) is 9.59 Å². The number of thiazole rings is 1. The van der Waals surface area contributed by atoms with E-state index in [1.54, 1.807) is 6.92 Å². The molecule has 3 aromatic heterocycles. The number of aromatic amines is 1. The highest BCUT2D eigenvalue weighted by molar-refractivity contribution is 7.15. The predicted molar refractivity (Wildman–Crippen MR) is 103 cm³/mol. The molecule has 8 nitrogen and oxygen atoms in total. The normalized spacial score (nSPS) is 17.1. The molecule has 3 heterocycles. The Morgan fingerprint density at radius 1 is 1.37 bits per heavy atom. The first kappa shape index (κ1) is 17.8. The molecule has 0 radical (unpaired) electrons. The summed E-state index contributed by atoms with van der Waals surface area (Å²) in [6, 6.07) is 0. The number of fused-ring (bicyclic) bond motifs is 2. The summed E-state index contributed by atoms with van der Waals surface area (Å²) in [7, 11) is 0. The van der Waals surface area contributed by atoms with Crippen molar-refractivity contribution >= 4 is 28.2 Å². The molecule has 3 aromatic rings. The van der Waals surface area contributed by atoms with Gasteiger partial charge in [-0.25, -0.2) is 9.97 Å². The van der Waals surface area contributed by atoms with Gasteiger partial charge < -0.3 is 0 Å². The minimum atomic E-state index is -0.507. The molecule has 27 heavy (non-hydrogen) atoms. The Balaban J connectivity index is 1.57. The van der Waals surface area contributed by atoms with Crippen LogP contribution in [-0.2, 0) is 12.8 Å². The van der Waals surface area contributed by atoms with Crippen LogP contribution in [0.2, 0.25) is 0 Å². The Labute approximate surface area is 160 Å². The van der Waals surface area contributed by atoms with E-state index in [1.165, 1.54) is 26.9 Å². The summed E-state index contributed by atoms with van der Waals surface area (Å²) in [6.07, 6.45) is 4.27. The Kier molecular flexibility index (Phi) is 4.14. The summed E-state index contributed by atoms with van der Waals surface area (Å²) >= 11 is 1.50. The van der Waals surface area contributed by atoms with Gasteiger partial charge in [0.2, 0.25) is 0 Å². The smallest absolute Gasteiger partial charge is 0.286 e. The molecule has 0 saturated heterocycles. The number of aryl methyl sites for hydroxylation is 2. The molecular formula is C18H22N6O2S. The summed E-state index contributed by atoms with van der Waals surface area (Å²) in [5.74, 6) is 0.895. The van der Waals surface area contributed by atoms with Gasteiger partial charge in [-0.2, -0.15) is 9.50 Å². The van der Waals surface area contributed by atoms with E-state index in [1.807, 2.05) is 0 Å². The van der Waals surface area contributed by atoms with Crippen molar-refractivity contribution in [1.29, 1.82) is 0 Å². The number of hydrogen-bond acceptors (Lipinski definition) is 6. The maximum absolute atomic E-state index is 12.6. The highest BCUT2D eigenvalue weighted by Gasteiger charge is 2.31. The Bertz CT molecular complexity index is 1090. The van der Waals surface area contributed by atoms with Crippen molar-refractivity contribution in [2.24, 2.45) is 11.3 Å². The zero-order chi connectivity index (χ0) is 19.3. The van der Waals surface area contributed by atoms with Crippen molar-refractivity contribution in [2.45, 2.75) is 47.0 Å². The van der Waals surface area contributed by atoms with Crippen LogP contribution in [-0.4, -0.2) is 30.5 Å². The lowest BCUT2D eigenvalue weighted by molar-refractivity contribution is 0.102. The quantitative estimate of drug-likeness (QED) is 0.704. The van der Waals surface area contributed by atoms with Gasteiger partial charge in [0.1, 0.15) is 11.4 Å². The second-order valence-corrected chi connectivity index (χ2v) is 9.15. The van der Waals surface area contributed by atoms with E-state index in [-0.39, 0.29) is 16.8 Å². The molecule has 0 bridgehead atoms. The van der Waals surface area contributed by atoms with Gasteiger partial charge >= 0.3 is 0 Å². The van der Waals surface area contributed by atoms with Gasteiger partial charge in [0, 0.05) is 11.1 Å². The third-order valence-electron chi connectivity index (χ3n) is 5.11. The maximum atomic E-state index is 12.6. The van der Waals surface area contributed by atoms with Crippen molar-refractivity contribution < 1.29 is 4.79 Å². The van der Waals surface area contributed by atoms with Crippen LogP contribution >= 0.6 is 11.3 Å². The van der Waals surface area contributed by atoms with Gasteiger partial charge in [-0.05, 0) is 37.5 Å². The zero-order valence-electron chi connectivity index (χ0n) is 15.8. The van der Waals surface area contributed by atoms with E-state index in [2.05, 4.69) is 46.1 Å². The van der Waals surface area contributed by atoms with Crippen LogP contribution in [0.25, 0.3) is 5.78 Å². The first-order chi connectivity index (χ1) is 12.7. The lowest BCUT2D eigenvalue weighted by Crippen LogP contribution is -2.27. The van der Waals surface area contributed by atoms with E-state index in [4.69, 9.17) is 0 Å².